The van der Waals surface area contributed by atoms with Gasteiger partial charge in [0, 0.05) is 13.6 Å². The Bertz CT molecular complexity index is 1180. The number of hydrogen-bond acceptors (Lipinski definition) is 4. The summed E-state index contributed by atoms with van der Waals surface area (Å²) in [6.45, 7) is 2.37. The van der Waals surface area contributed by atoms with Crippen LogP contribution in [0.3, 0.4) is 0 Å². The maximum absolute atomic E-state index is 13.2. The smallest absolute Gasteiger partial charge is 0.379 e. The highest BCUT2D eigenvalue weighted by Crippen LogP contribution is 2.40. The summed E-state index contributed by atoms with van der Waals surface area (Å²) < 4.78 is 109. The van der Waals surface area contributed by atoms with E-state index in [4.69, 9.17) is 4.18 Å². The standard InChI is InChI=1S/C23H23F6NO4S/c1-3-21(9-4-5-10-30(2)20(21)31)15-7-6-8-18(12-15)34-35(32,33)19-13-16(22(24,25)26)11-17(14-19)23(27,28)29/h6-8,11-14H,3-5,9-10H2,1-2H3. The monoisotopic (exact) mass is 523 g/mol. The van der Waals surface area contributed by atoms with Crippen LogP contribution < -0.4 is 4.18 Å². The SMILES string of the molecule is CCC1(c2cccc(OS(=O)(=O)c3cc(C(F)(F)F)cc(C(F)(F)F)c3)c2)CCCCN(C)C1=O. The molecule has 0 bridgehead atoms. The van der Waals surface area contributed by atoms with Crippen molar-refractivity contribution in [2.24, 2.45) is 0 Å². The van der Waals surface area contributed by atoms with Gasteiger partial charge < -0.3 is 9.08 Å². The van der Waals surface area contributed by atoms with Crippen molar-refractivity contribution < 1.29 is 43.7 Å². The van der Waals surface area contributed by atoms with E-state index in [0.717, 1.165) is 12.8 Å². The molecule has 0 aromatic heterocycles. The van der Waals surface area contributed by atoms with Crippen molar-refractivity contribution in [1.82, 2.24) is 4.90 Å². The molecule has 2 aromatic rings. The summed E-state index contributed by atoms with van der Waals surface area (Å²) in [6, 6.07) is 5.54. The maximum atomic E-state index is 13.2. The number of carbonyl (C=O) groups is 1. The predicted molar refractivity (Wildman–Crippen MR) is 114 cm³/mol. The highest BCUT2D eigenvalue weighted by Gasteiger charge is 2.42. The van der Waals surface area contributed by atoms with E-state index >= 15 is 0 Å². The molecule has 0 spiro atoms. The fraction of sp³-hybridized carbons (Fsp3) is 0.435. The zero-order valence-corrected chi connectivity index (χ0v) is 19.6. The van der Waals surface area contributed by atoms with E-state index in [0.29, 0.717) is 24.9 Å². The quantitative estimate of drug-likeness (QED) is 0.368. The second-order valence-electron chi connectivity index (χ2n) is 8.43. The van der Waals surface area contributed by atoms with Crippen LogP contribution in [0, 0.1) is 0 Å². The van der Waals surface area contributed by atoms with Crippen molar-refractivity contribution in [1.29, 1.82) is 0 Å². The van der Waals surface area contributed by atoms with Gasteiger partial charge in [-0.2, -0.15) is 34.8 Å². The molecule has 1 heterocycles. The fourth-order valence-corrected chi connectivity index (χ4v) is 5.24. The molecule has 3 rings (SSSR count). The van der Waals surface area contributed by atoms with Crippen LogP contribution in [-0.4, -0.2) is 32.8 Å². The van der Waals surface area contributed by atoms with E-state index in [9.17, 15) is 39.6 Å². The Morgan fingerprint density at radius 1 is 0.971 bits per heavy atom. The molecule has 12 heteroatoms. The molecular formula is C23H23F6NO4S. The second-order valence-corrected chi connectivity index (χ2v) is 9.97. The number of halogens is 6. The Kier molecular flexibility index (Phi) is 7.18. The third kappa shape index (κ3) is 5.57. The lowest BCUT2D eigenvalue weighted by Crippen LogP contribution is -2.43. The summed E-state index contributed by atoms with van der Waals surface area (Å²) in [5.41, 5.74) is -4.07. The molecule has 0 aliphatic carbocycles. The third-order valence-electron chi connectivity index (χ3n) is 6.15. The summed E-state index contributed by atoms with van der Waals surface area (Å²) >= 11 is 0. The molecule has 1 saturated heterocycles. The van der Waals surface area contributed by atoms with Crippen LogP contribution in [0.1, 0.15) is 49.3 Å². The zero-order valence-electron chi connectivity index (χ0n) is 18.8. The summed E-state index contributed by atoms with van der Waals surface area (Å²) in [5.74, 6) is -0.494. The molecule has 1 unspecified atom stereocenters. The number of benzene rings is 2. The van der Waals surface area contributed by atoms with Crippen LogP contribution in [0.4, 0.5) is 26.3 Å². The van der Waals surface area contributed by atoms with E-state index in [1.54, 1.807) is 18.0 Å². The van der Waals surface area contributed by atoms with Gasteiger partial charge >= 0.3 is 22.5 Å². The Morgan fingerprint density at radius 2 is 1.57 bits per heavy atom. The Morgan fingerprint density at radius 3 is 2.11 bits per heavy atom. The molecule has 1 atom stereocenters. The highest BCUT2D eigenvalue weighted by atomic mass is 32.2. The van der Waals surface area contributed by atoms with E-state index < -0.39 is 43.9 Å². The van der Waals surface area contributed by atoms with Crippen molar-refractivity contribution in [3.63, 3.8) is 0 Å². The number of likely N-dealkylation sites (N-methyl/N-ethyl adjacent to an activating group) is 1. The van der Waals surface area contributed by atoms with Crippen molar-refractivity contribution in [2.75, 3.05) is 13.6 Å². The topological polar surface area (TPSA) is 63.7 Å². The maximum Gasteiger partial charge on any atom is 0.416 e. The van der Waals surface area contributed by atoms with E-state index in [1.165, 1.54) is 18.2 Å². The molecule has 0 N–H and O–H groups in total. The third-order valence-corrected chi connectivity index (χ3v) is 7.37. The number of amides is 1. The van der Waals surface area contributed by atoms with Crippen molar-refractivity contribution in [2.45, 2.75) is 55.3 Å². The first-order chi connectivity index (χ1) is 16.1. The molecule has 1 fully saturated rings. The molecule has 0 radical (unpaired) electrons. The number of rotatable bonds is 5. The van der Waals surface area contributed by atoms with Gasteiger partial charge in [-0.15, -0.1) is 0 Å². The lowest BCUT2D eigenvalue weighted by atomic mass is 9.73. The number of likely N-dealkylation sites (tertiary alicyclic amines) is 1. The first kappa shape index (κ1) is 26.8. The minimum atomic E-state index is -5.22. The van der Waals surface area contributed by atoms with Gasteiger partial charge in [0.15, 0.2) is 0 Å². The van der Waals surface area contributed by atoms with Gasteiger partial charge in [0.25, 0.3) is 0 Å². The lowest BCUT2D eigenvalue weighted by Gasteiger charge is -2.33. The number of hydrogen-bond donors (Lipinski definition) is 0. The fourth-order valence-electron chi connectivity index (χ4n) is 4.24. The van der Waals surface area contributed by atoms with Crippen LogP contribution in [0.2, 0.25) is 0 Å². The first-order valence-electron chi connectivity index (χ1n) is 10.7. The normalized spacial score (nSPS) is 20.0. The van der Waals surface area contributed by atoms with Crippen molar-refractivity contribution in [3.05, 3.63) is 59.2 Å². The molecule has 1 aliphatic rings. The van der Waals surface area contributed by atoms with Crippen molar-refractivity contribution in [3.8, 4) is 5.75 Å². The predicted octanol–water partition coefficient (Wildman–Crippen LogP) is 5.78. The average Bonchev–Trinajstić information content (AvgIpc) is 2.91. The molecule has 35 heavy (non-hydrogen) atoms. The minimum absolute atomic E-state index is 0.0890. The highest BCUT2D eigenvalue weighted by molar-refractivity contribution is 7.87. The summed E-state index contributed by atoms with van der Waals surface area (Å²) in [4.78, 5) is 13.4. The first-order valence-corrected chi connectivity index (χ1v) is 12.1. The minimum Gasteiger partial charge on any atom is -0.379 e. The van der Waals surface area contributed by atoms with Gasteiger partial charge in [0.05, 0.1) is 16.5 Å². The molecule has 2 aromatic carbocycles. The Labute approximate surface area is 198 Å². The summed E-state index contributed by atoms with van der Waals surface area (Å²) in [7, 11) is -3.42. The van der Waals surface area contributed by atoms with Gasteiger partial charge in [-0.1, -0.05) is 25.5 Å². The number of alkyl halides is 6. The van der Waals surface area contributed by atoms with E-state index in [2.05, 4.69) is 0 Å². The Balaban J connectivity index is 2.04. The van der Waals surface area contributed by atoms with Crippen LogP contribution in [0.5, 0.6) is 5.75 Å². The van der Waals surface area contributed by atoms with Crippen LogP contribution in [-0.2, 0) is 32.7 Å². The summed E-state index contributed by atoms with van der Waals surface area (Å²) in [6.07, 6.45) is -8.03. The molecule has 192 valence electrons. The van der Waals surface area contributed by atoms with Crippen LogP contribution in [0.25, 0.3) is 0 Å². The number of carbonyl (C=O) groups excluding carboxylic acids is 1. The Hall–Kier alpha value is -2.76. The number of nitrogens with zero attached hydrogens (tertiary/aromatic N) is 1. The lowest BCUT2D eigenvalue weighted by molar-refractivity contribution is -0.143. The molecule has 0 saturated carbocycles. The summed E-state index contributed by atoms with van der Waals surface area (Å²) in [5, 5.41) is 0. The molecule has 1 aliphatic heterocycles. The van der Waals surface area contributed by atoms with Crippen LogP contribution in [0.15, 0.2) is 47.4 Å². The second kappa shape index (κ2) is 9.36. The van der Waals surface area contributed by atoms with E-state index in [1.807, 2.05) is 6.92 Å². The van der Waals surface area contributed by atoms with E-state index in [-0.39, 0.29) is 29.9 Å². The molecular weight excluding hydrogens is 500 g/mol. The average molecular weight is 523 g/mol. The van der Waals surface area contributed by atoms with Gasteiger partial charge in [-0.05, 0) is 55.2 Å². The van der Waals surface area contributed by atoms with Gasteiger partial charge in [0.1, 0.15) is 10.6 Å². The van der Waals surface area contributed by atoms with Crippen molar-refractivity contribution >= 4 is 16.0 Å². The molecule has 5 nitrogen and oxygen atoms in total. The van der Waals surface area contributed by atoms with Crippen LogP contribution >= 0.6 is 0 Å². The van der Waals surface area contributed by atoms with Gasteiger partial charge in [-0.25, -0.2) is 0 Å². The van der Waals surface area contributed by atoms with Gasteiger partial charge in [0.2, 0.25) is 5.91 Å². The largest absolute Gasteiger partial charge is 0.416 e. The zero-order chi connectivity index (χ0) is 26.2. The molecule has 1 amide bonds. The van der Waals surface area contributed by atoms with Gasteiger partial charge in [-0.3, -0.25) is 4.79 Å².